The fourth-order valence-electron chi connectivity index (χ4n) is 4.17. The monoisotopic (exact) mass is 432 g/mol. The number of ether oxygens (including phenoxy) is 2. The molecule has 0 unspecified atom stereocenters. The molecule has 4 heterocycles. The second kappa shape index (κ2) is 9.18. The van der Waals surface area contributed by atoms with Crippen LogP contribution in [0.3, 0.4) is 0 Å². The van der Waals surface area contributed by atoms with E-state index in [1.165, 1.54) is 0 Å². The Labute approximate surface area is 187 Å². The Kier molecular flexibility index (Phi) is 5.96. The molecule has 8 heteroatoms. The number of hydrogen-bond donors (Lipinski definition) is 0. The lowest BCUT2D eigenvalue weighted by Gasteiger charge is -2.20. The minimum atomic E-state index is 0.343. The summed E-state index contributed by atoms with van der Waals surface area (Å²) >= 11 is 0. The minimum absolute atomic E-state index is 0.343. The van der Waals surface area contributed by atoms with Gasteiger partial charge in [0.05, 0.1) is 35.7 Å². The number of aromatic nitrogens is 5. The zero-order chi connectivity index (χ0) is 21.9. The van der Waals surface area contributed by atoms with Crippen LogP contribution in [-0.2, 0) is 4.74 Å². The van der Waals surface area contributed by atoms with Gasteiger partial charge < -0.3 is 14.4 Å². The first-order valence-electron chi connectivity index (χ1n) is 11.1. The predicted octanol–water partition coefficient (Wildman–Crippen LogP) is 3.56. The topological polar surface area (TPSA) is 77.7 Å². The summed E-state index contributed by atoms with van der Waals surface area (Å²) in [6.45, 7) is 3.22. The maximum atomic E-state index is 5.82. The number of nitrogens with zero attached hydrogens (tertiary/aromatic N) is 6. The van der Waals surface area contributed by atoms with Gasteiger partial charge in [0, 0.05) is 31.2 Å². The Balaban J connectivity index is 1.43. The molecule has 0 bridgehead atoms. The summed E-state index contributed by atoms with van der Waals surface area (Å²) in [5, 5.41) is 8.89. The molecule has 0 atom stereocenters. The van der Waals surface area contributed by atoms with Gasteiger partial charge in [-0.15, -0.1) is 10.2 Å². The Bertz CT molecular complexity index is 1200. The Morgan fingerprint density at radius 1 is 1.06 bits per heavy atom. The van der Waals surface area contributed by atoms with E-state index in [4.69, 9.17) is 9.47 Å². The maximum Gasteiger partial charge on any atom is 0.179 e. The zero-order valence-corrected chi connectivity index (χ0v) is 18.6. The molecule has 0 N–H and O–H groups in total. The molecule has 1 aromatic carbocycles. The zero-order valence-electron chi connectivity index (χ0n) is 18.6. The second-order valence-corrected chi connectivity index (χ2v) is 8.48. The third kappa shape index (κ3) is 4.28. The fourth-order valence-corrected chi connectivity index (χ4v) is 4.17. The molecule has 1 fully saturated rings. The molecular formula is C24H28N6O2. The predicted molar refractivity (Wildman–Crippen MR) is 123 cm³/mol. The van der Waals surface area contributed by atoms with Gasteiger partial charge in [0.25, 0.3) is 0 Å². The van der Waals surface area contributed by atoms with Gasteiger partial charge in [0.2, 0.25) is 0 Å². The lowest BCUT2D eigenvalue weighted by Crippen LogP contribution is -2.16. The number of benzene rings is 1. The molecular weight excluding hydrogens is 404 g/mol. The van der Waals surface area contributed by atoms with Crippen LogP contribution < -0.4 is 4.74 Å². The van der Waals surface area contributed by atoms with Crippen LogP contribution in [-0.4, -0.2) is 69.9 Å². The van der Waals surface area contributed by atoms with Gasteiger partial charge in [-0.05, 0) is 57.6 Å². The Hall–Kier alpha value is -3.10. The second-order valence-electron chi connectivity index (χ2n) is 8.48. The maximum absolute atomic E-state index is 5.82. The van der Waals surface area contributed by atoms with Crippen LogP contribution in [0.25, 0.3) is 27.9 Å². The third-order valence-corrected chi connectivity index (χ3v) is 5.89. The van der Waals surface area contributed by atoms with Crippen molar-refractivity contribution < 1.29 is 9.47 Å². The number of pyridine rings is 1. The molecule has 1 aliphatic rings. The lowest BCUT2D eigenvalue weighted by atomic mass is 9.99. The van der Waals surface area contributed by atoms with Crippen LogP contribution in [0.2, 0.25) is 0 Å². The molecule has 166 valence electrons. The van der Waals surface area contributed by atoms with Crippen molar-refractivity contribution in [2.24, 2.45) is 0 Å². The van der Waals surface area contributed by atoms with Crippen LogP contribution in [0.1, 0.15) is 31.0 Å². The standard InChI is InChI=1S/C24H28N6O2/c1-29(2)10-3-11-32-19-5-7-20(25-15-19)18-4-6-21-22(14-18)30-23(16-26-21)27-28-24(30)17-8-12-31-13-9-17/h4-7,14-17H,3,8-13H2,1-2H3. The highest BCUT2D eigenvalue weighted by atomic mass is 16.5. The molecule has 1 saturated heterocycles. The fraction of sp³-hybridized carbons (Fsp3) is 0.417. The molecule has 5 rings (SSSR count). The summed E-state index contributed by atoms with van der Waals surface area (Å²) < 4.78 is 13.5. The van der Waals surface area contributed by atoms with Crippen LogP contribution in [0.5, 0.6) is 5.75 Å². The van der Waals surface area contributed by atoms with Crippen LogP contribution in [0.15, 0.2) is 42.7 Å². The summed E-state index contributed by atoms with van der Waals surface area (Å²) in [7, 11) is 4.13. The van der Waals surface area contributed by atoms with Crippen molar-refractivity contribution in [3.63, 3.8) is 0 Å². The number of rotatable bonds is 7. The van der Waals surface area contributed by atoms with Gasteiger partial charge in [-0.1, -0.05) is 6.07 Å². The Morgan fingerprint density at radius 2 is 1.94 bits per heavy atom. The highest BCUT2D eigenvalue weighted by Crippen LogP contribution is 2.29. The summed E-state index contributed by atoms with van der Waals surface area (Å²) in [6, 6.07) is 10.2. The summed E-state index contributed by atoms with van der Waals surface area (Å²) in [6.07, 6.45) is 6.49. The molecule has 8 nitrogen and oxygen atoms in total. The van der Waals surface area contributed by atoms with Gasteiger partial charge in [-0.3, -0.25) is 14.4 Å². The van der Waals surface area contributed by atoms with Gasteiger partial charge in [0.1, 0.15) is 11.6 Å². The van der Waals surface area contributed by atoms with Crippen LogP contribution >= 0.6 is 0 Å². The minimum Gasteiger partial charge on any atom is -0.492 e. The van der Waals surface area contributed by atoms with E-state index < -0.39 is 0 Å². The van der Waals surface area contributed by atoms with Gasteiger partial charge >= 0.3 is 0 Å². The SMILES string of the molecule is CN(C)CCCOc1ccc(-c2ccc3ncc4nnc(C5CCOCC5)n4c3c2)nc1. The van der Waals surface area contributed by atoms with Crippen molar-refractivity contribution in [1.82, 2.24) is 29.5 Å². The van der Waals surface area contributed by atoms with Crippen molar-refractivity contribution in [1.29, 1.82) is 0 Å². The quantitative estimate of drug-likeness (QED) is 0.413. The molecule has 3 aromatic heterocycles. The first kappa shape index (κ1) is 20.8. The van der Waals surface area contributed by atoms with Crippen molar-refractivity contribution >= 4 is 16.7 Å². The average molecular weight is 433 g/mol. The highest BCUT2D eigenvalue weighted by Gasteiger charge is 2.22. The molecule has 1 aliphatic heterocycles. The molecule has 0 aliphatic carbocycles. The largest absolute Gasteiger partial charge is 0.492 e. The van der Waals surface area contributed by atoms with E-state index in [9.17, 15) is 0 Å². The van der Waals surface area contributed by atoms with Gasteiger partial charge in [-0.25, -0.2) is 0 Å². The van der Waals surface area contributed by atoms with E-state index in [2.05, 4.69) is 55.7 Å². The van der Waals surface area contributed by atoms with Crippen molar-refractivity contribution in [2.75, 3.05) is 40.5 Å². The third-order valence-electron chi connectivity index (χ3n) is 5.89. The van der Waals surface area contributed by atoms with Gasteiger partial charge in [0.15, 0.2) is 5.65 Å². The van der Waals surface area contributed by atoms with E-state index in [0.717, 1.165) is 78.5 Å². The van der Waals surface area contributed by atoms with Crippen LogP contribution in [0, 0.1) is 0 Å². The average Bonchev–Trinajstić information content (AvgIpc) is 3.27. The molecule has 4 aromatic rings. The molecule has 0 amide bonds. The Morgan fingerprint density at radius 3 is 2.72 bits per heavy atom. The number of fused-ring (bicyclic) bond motifs is 3. The van der Waals surface area contributed by atoms with Crippen molar-refractivity contribution in [3.05, 3.63) is 48.5 Å². The molecule has 0 saturated carbocycles. The van der Waals surface area contributed by atoms with E-state index in [1.54, 1.807) is 12.4 Å². The summed E-state index contributed by atoms with van der Waals surface area (Å²) in [5.74, 6) is 2.12. The van der Waals surface area contributed by atoms with Crippen molar-refractivity contribution in [3.8, 4) is 17.0 Å². The smallest absolute Gasteiger partial charge is 0.179 e. The van der Waals surface area contributed by atoms with Crippen LogP contribution in [0.4, 0.5) is 0 Å². The summed E-state index contributed by atoms with van der Waals surface area (Å²) in [4.78, 5) is 11.4. The van der Waals surface area contributed by atoms with E-state index in [-0.39, 0.29) is 0 Å². The van der Waals surface area contributed by atoms with E-state index >= 15 is 0 Å². The van der Waals surface area contributed by atoms with Crippen molar-refractivity contribution in [2.45, 2.75) is 25.2 Å². The normalized spacial score (nSPS) is 15.1. The van der Waals surface area contributed by atoms with E-state index in [1.807, 2.05) is 18.2 Å². The van der Waals surface area contributed by atoms with Gasteiger partial charge in [-0.2, -0.15) is 0 Å². The number of hydrogen-bond acceptors (Lipinski definition) is 7. The summed E-state index contributed by atoms with van der Waals surface area (Å²) in [5.41, 5.74) is 4.60. The highest BCUT2D eigenvalue weighted by molar-refractivity contribution is 5.83. The first-order valence-corrected chi connectivity index (χ1v) is 11.1. The molecule has 0 spiro atoms. The molecule has 0 radical (unpaired) electrons. The molecule has 32 heavy (non-hydrogen) atoms. The lowest BCUT2D eigenvalue weighted by molar-refractivity contribution is 0.0834. The van der Waals surface area contributed by atoms with E-state index in [0.29, 0.717) is 12.5 Å². The first-order chi connectivity index (χ1) is 15.7.